The van der Waals surface area contributed by atoms with Gasteiger partial charge in [0.2, 0.25) is 5.91 Å². The molecule has 0 aliphatic heterocycles. The van der Waals surface area contributed by atoms with Gasteiger partial charge in [-0.3, -0.25) is 4.79 Å². The number of methoxy groups -OCH3 is 2. The third-order valence-corrected chi connectivity index (χ3v) is 5.97. The fourth-order valence-electron chi connectivity index (χ4n) is 4.07. The van der Waals surface area contributed by atoms with Gasteiger partial charge in [-0.1, -0.05) is 36.4 Å². The molecule has 4 rings (SSSR count). The fourth-order valence-corrected chi connectivity index (χ4v) is 4.07. The maximum absolute atomic E-state index is 12.9. The van der Waals surface area contributed by atoms with Gasteiger partial charge in [0.25, 0.3) is 0 Å². The highest BCUT2D eigenvalue weighted by molar-refractivity contribution is 5.85. The molecule has 0 spiro atoms. The second-order valence-electron chi connectivity index (χ2n) is 8.13. The van der Waals surface area contributed by atoms with E-state index in [9.17, 15) is 14.7 Å². The summed E-state index contributed by atoms with van der Waals surface area (Å²) in [5.41, 5.74) is 1.42. The van der Waals surface area contributed by atoms with E-state index in [1.54, 1.807) is 62.8 Å². The van der Waals surface area contributed by atoms with Gasteiger partial charge in [0.05, 0.1) is 25.2 Å². The van der Waals surface area contributed by atoms with E-state index < -0.39 is 11.5 Å². The maximum Gasteiger partial charge on any atom is 0.343 e. The number of benzene rings is 3. The van der Waals surface area contributed by atoms with Crippen molar-refractivity contribution in [3.05, 3.63) is 99.9 Å². The number of aromatic hydroxyl groups is 1. The number of rotatable bonds is 9. The highest BCUT2D eigenvalue weighted by atomic mass is 16.5. The Balaban J connectivity index is 1.58. The summed E-state index contributed by atoms with van der Waals surface area (Å²) in [5, 5.41) is 14.4. The number of hydrogen-bond donors (Lipinski definition) is 2. The highest BCUT2D eigenvalue weighted by Crippen LogP contribution is 2.36. The second-order valence-corrected chi connectivity index (χ2v) is 8.13. The molecule has 1 aromatic heterocycles. The Hall–Kier alpha value is -4.26. The van der Waals surface area contributed by atoms with Gasteiger partial charge in [-0.25, -0.2) is 4.79 Å². The van der Waals surface area contributed by atoms with Crippen molar-refractivity contribution < 1.29 is 23.8 Å². The van der Waals surface area contributed by atoms with Crippen molar-refractivity contribution in [2.24, 2.45) is 0 Å². The van der Waals surface area contributed by atoms with Gasteiger partial charge >= 0.3 is 5.63 Å². The van der Waals surface area contributed by atoms with Crippen LogP contribution in [0.15, 0.2) is 82.0 Å². The van der Waals surface area contributed by atoms with Gasteiger partial charge in [-0.15, -0.1) is 0 Å². The minimum absolute atomic E-state index is 0.0361. The molecule has 0 aliphatic carbocycles. The molecule has 7 nitrogen and oxygen atoms in total. The Morgan fingerprint density at radius 3 is 2.23 bits per heavy atom. The lowest BCUT2D eigenvalue weighted by atomic mass is 9.88. The van der Waals surface area contributed by atoms with E-state index in [-0.39, 0.29) is 29.2 Å². The Bertz CT molecular complexity index is 1360. The van der Waals surface area contributed by atoms with Crippen molar-refractivity contribution >= 4 is 16.9 Å². The molecule has 1 heterocycles. The minimum atomic E-state index is -0.706. The van der Waals surface area contributed by atoms with Crippen LogP contribution >= 0.6 is 0 Å². The average molecular weight is 474 g/mol. The maximum atomic E-state index is 12.9. The molecule has 1 unspecified atom stereocenters. The molecule has 0 bridgehead atoms. The highest BCUT2D eigenvalue weighted by Gasteiger charge is 2.27. The van der Waals surface area contributed by atoms with Crippen molar-refractivity contribution in [2.45, 2.75) is 18.8 Å². The van der Waals surface area contributed by atoms with Crippen molar-refractivity contribution in [1.82, 2.24) is 5.32 Å². The molecule has 180 valence electrons. The first kappa shape index (κ1) is 23.9. The SMILES string of the molecule is COc1ccc(CCNC(=O)CC(c2ccc(OC)cc2)c2c(O)c3ccccc3oc2=O)cc1. The number of para-hydroxylation sites is 1. The van der Waals surface area contributed by atoms with Gasteiger partial charge in [0.15, 0.2) is 0 Å². The Morgan fingerprint density at radius 1 is 0.943 bits per heavy atom. The third kappa shape index (κ3) is 5.46. The first-order valence-corrected chi connectivity index (χ1v) is 11.3. The summed E-state index contributed by atoms with van der Waals surface area (Å²) in [6.45, 7) is 0.429. The summed E-state index contributed by atoms with van der Waals surface area (Å²) in [7, 11) is 3.18. The molecular formula is C28H27NO6. The first-order chi connectivity index (χ1) is 17.0. The number of fused-ring (bicyclic) bond motifs is 1. The van der Waals surface area contributed by atoms with Crippen LogP contribution in [0.1, 0.15) is 29.0 Å². The zero-order valence-electron chi connectivity index (χ0n) is 19.6. The number of ether oxygens (including phenoxy) is 2. The normalized spacial score (nSPS) is 11.7. The molecule has 0 aliphatic rings. The summed E-state index contributed by atoms with van der Waals surface area (Å²) in [4.78, 5) is 25.9. The quantitative estimate of drug-likeness (QED) is 0.350. The standard InChI is InChI=1S/C28H27NO6/c1-33-20-11-7-18(8-12-20)15-16-29-25(30)17-23(19-9-13-21(34-2)14-10-19)26-27(31)22-5-3-4-6-24(22)35-28(26)32/h3-14,23,31H,15-17H2,1-2H3,(H,29,30). The van der Waals surface area contributed by atoms with Crippen LogP contribution < -0.4 is 20.4 Å². The van der Waals surface area contributed by atoms with Gasteiger partial charge in [-0.2, -0.15) is 0 Å². The van der Waals surface area contributed by atoms with E-state index >= 15 is 0 Å². The Labute approximate surface area is 202 Å². The summed E-state index contributed by atoms with van der Waals surface area (Å²) < 4.78 is 15.9. The molecule has 0 fully saturated rings. The molecule has 2 N–H and O–H groups in total. The van der Waals surface area contributed by atoms with Crippen LogP contribution in [0.4, 0.5) is 0 Å². The van der Waals surface area contributed by atoms with E-state index in [0.717, 1.165) is 11.3 Å². The van der Waals surface area contributed by atoms with E-state index in [1.807, 2.05) is 24.3 Å². The molecule has 1 atom stereocenters. The van der Waals surface area contributed by atoms with E-state index in [1.165, 1.54) is 0 Å². The molecular weight excluding hydrogens is 446 g/mol. The van der Waals surface area contributed by atoms with Crippen LogP contribution in [0.5, 0.6) is 17.2 Å². The summed E-state index contributed by atoms with van der Waals surface area (Å²) in [6.07, 6.45) is 0.609. The van der Waals surface area contributed by atoms with Gasteiger partial charge in [-0.05, 0) is 53.9 Å². The molecule has 4 aromatic rings. The van der Waals surface area contributed by atoms with E-state index in [2.05, 4.69) is 5.32 Å². The number of carbonyl (C=O) groups excluding carboxylic acids is 1. The van der Waals surface area contributed by atoms with Crippen LogP contribution in [0.3, 0.4) is 0 Å². The summed E-state index contributed by atoms with van der Waals surface area (Å²) in [5.74, 6) is 0.290. The lowest BCUT2D eigenvalue weighted by Crippen LogP contribution is -2.28. The smallest absolute Gasteiger partial charge is 0.343 e. The van der Waals surface area contributed by atoms with Gasteiger partial charge in [0.1, 0.15) is 22.8 Å². The van der Waals surface area contributed by atoms with Crippen LogP contribution in [0.2, 0.25) is 0 Å². The number of hydrogen-bond acceptors (Lipinski definition) is 6. The summed E-state index contributed by atoms with van der Waals surface area (Å²) in [6, 6.07) is 21.5. The van der Waals surface area contributed by atoms with Gasteiger partial charge < -0.3 is 24.3 Å². The lowest BCUT2D eigenvalue weighted by Gasteiger charge is -2.19. The first-order valence-electron chi connectivity index (χ1n) is 11.3. The zero-order chi connectivity index (χ0) is 24.8. The van der Waals surface area contributed by atoms with Crippen molar-refractivity contribution in [3.63, 3.8) is 0 Å². The van der Waals surface area contributed by atoms with Crippen LogP contribution in [0, 0.1) is 0 Å². The largest absolute Gasteiger partial charge is 0.507 e. The van der Waals surface area contributed by atoms with Crippen LogP contribution in [-0.4, -0.2) is 31.8 Å². The predicted molar refractivity (Wildman–Crippen MR) is 133 cm³/mol. The average Bonchev–Trinajstić information content (AvgIpc) is 2.88. The molecule has 0 saturated carbocycles. The minimum Gasteiger partial charge on any atom is -0.507 e. The number of amides is 1. The number of nitrogens with one attached hydrogen (secondary N) is 1. The topological polar surface area (TPSA) is 98.0 Å². The second kappa shape index (κ2) is 10.8. The lowest BCUT2D eigenvalue weighted by molar-refractivity contribution is -0.121. The van der Waals surface area contributed by atoms with Crippen LogP contribution in [0.25, 0.3) is 11.0 Å². The number of carbonyl (C=O) groups is 1. The van der Waals surface area contributed by atoms with Crippen molar-refractivity contribution in [1.29, 1.82) is 0 Å². The Morgan fingerprint density at radius 2 is 1.57 bits per heavy atom. The molecule has 35 heavy (non-hydrogen) atoms. The van der Waals surface area contributed by atoms with Gasteiger partial charge in [0, 0.05) is 18.9 Å². The zero-order valence-corrected chi connectivity index (χ0v) is 19.6. The predicted octanol–water partition coefficient (Wildman–Crippen LogP) is 4.40. The molecule has 3 aromatic carbocycles. The third-order valence-electron chi connectivity index (χ3n) is 5.97. The summed E-state index contributed by atoms with van der Waals surface area (Å²) >= 11 is 0. The fraction of sp³-hybridized carbons (Fsp3) is 0.214. The van der Waals surface area contributed by atoms with Crippen LogP contribution in [-0.2, 0) is 11.2 Å². The molecule has 7 heteroatoms. The molecule has 0 radical (unpaired) electrons. The van der Waals surface area contributed by atoms with Crippen molar-refractivity contribution in [2.75, 3.05) is 20.8 Å². The molecule has 0 saturated heterocycles. The monoisotopic (exact) mass is 473 g/mol. The Kier molecular flexibility index (Phi) is 7.35. The van der Waals surface area contributed by atoms with Crippen molar-refractivity contribution in [3.8, 4) is 17.2 Å². The van der Waals surface area contributed by atoms with E-state index in [0.29, 0.717) is 29.7 Å². The molecule has 1 amide bonds. The van der Waals surface area contributed by atoms with E-state index in [4.69, 9.17) is 13.9 Å².